The van der Waals surface area contributed by atoms with Crippen LogP contribution in [-0.4, -0.2) is 23.4 Å². The number of aliphatic hydroxyl groups is 1. The summed E-state index contributed by atoms with van der Waals surface area (Å²) < 4.78 is 21.6. The van der Waals surface area contributed by atoms with Crippen LogP contribution in [0, 0.1) is 0 Å². The van der Waals surface area contributed by atoms with Crippen molar-refractivity contribution in [1.29, 1.82) is 0 Å². The molecule has 16 heavy (non-hydrogen) atoms. The second-order valence-corrected chi connectivity index (χ2v) is 8.40. The standard InChI is InChI=1S/C10H14BrNO3S/c1-10(11,16(2,14)15)9(13)7-4-3-5-8(12)6-7/h3-6,9,13H,12H2,1-2H3/t9-,10+/m1/s1. The molecule has 0 saturated heterocycles. The molecule has 0 aliphatic carbocycles. The van der Waals surface area contributed by atoms with Crippen molar-refractivity contribution < 1.29 is 13.5 Å². The summed E-state index contributed by atoms with van der Waals surface area (Å²) in [5.41, 5.74) is 6.52. The van der Waals surface area contributed by atoms with Crippen LogP contribution in [-0.2, 0) is 9.84 Å². The minimum absolute atomic E-state index is 0.463. The molecule has 0 fully saturated rings. The lowest BCUT2D eigenvalue weighted by atomic mass is 10.1. The van der Waals surface area contributed by atoms with Gasteiger partial charge in [-0.05, 0) is 24.6 Å². The van der Waals surface area contributed by atoms with Crippen molar-refractivity contribution in [3.63, 3.8) is 0 Å². The lowest BCUT2D eigenvalue weighted by Gasteiger charge is -2.27. The SMILES string of the molecule is C[C@@](Br)([C@H](O)c1cccc(N)c1)S(C)(=O)=O. The number of alkyl halides is 1. The summed E-state index contributed by atoms with van der Waals surface area (Å²) in [4.78, 5) is 0. The highest BCUT2D eigenvalue weighted by Crippen LogP contribution is 2.38. The first-order chi connectivity index (χ1) is 7.16. The molecule has 4 nitrogen and oxygen atoms in total. The predicted octanol–water partition coefficient (Wildman–Crippen LogP) is 1.46. The fraction of sp³-hybridized carbons (Fsp3) is 0.400. The van der Waals surface area contributed by atoms with E-state index in [4.69, 9.17) is 5.73 Å². The first kappa shape index (κ1) is 13.5. The molecule has 3 N–H and O–H groups in total. The van der Waals surface area contributed by atoms with Crippen molar-refractivity contribution in [2.45, 2.75) is 16.7 Å². The zero-order valence-electron chi connectivity index (χ0n) is 9.01. The van der Waals surface area contributed by atoms with E-state index in [2.05, 4.69) is 15.9 Å². The summed E-state index contributed by atoms with van der Waals surface area (Å²) in [6.45, 7) is 1.41. The van der Waals surface area contributed by atoms with Crippen LogP contribution in [0.1, 0.15) is 18.6 Å². The van der Waals surface area contributed by atoms with Crippen molar-refractivity contribution >= 4 is 31.5 Å². The van der Waals surface area contributed by atoms with E-state index in [1.807, 2.05) is 0 Å². The first-order valence-electron chi connectivity index (χ1n) is 4.58. The lowest BCUT2D eigenvalue weighted by molar-refractivity contribution is 0.168. The van der Waals surface area contributed by atoms with E-state index in [0.29, 0.717) is 11.3 Å². The van der Waals surface area contributed by atoms with Gasteiger partial charge < -0.3 is 10.8 Å². The van der Waals surface area contributed by atoms with Gasteiger partial charge in [-0.1, -0.05) is 28.1 Å². The van der Waals surface area contributed by atoms with Crippen LogP contribution < -0.4 is 5.73 Å². The number of aliphatic hydroxyl groups excluding tert-OH is 1. The maximum atomic E-state index is 11.5. The number of nitrogens with two attached hydrogens (primary N) is 1. The molecule has 0 bridgehead atoms. The van der Waals surface area contributed by atoms with Gasteiger partial charge in [-0.2, -0.15) is 0 Å². The van der Waals surface area contributed by atoms with Crippen LogP contribution in [0.15, 0.2) is 24.3 Å². The zero-order valence-corrected chi connectivity index (χ0v) is 11.4. The average molecular weight is 308 g/mol. The highest BCUT2D eigenvalue weighted by molar-refractivity contribution is 9.11. The number of anilines is 1. The first-order valence-corrected chi connectivity index (χ1v) is 7.26. The van der Waals surface area contributed by atoms with Gasteiger partial charge in [0.1, 0.15) is 6.10 Å². The van der Waals surface area contributed by atoms with Crippen LogP contribution in [0.5, 0.6) is 0 Å². The Hall–Kier alpha value is -0.590. The predicted molar refractivity (Wildman–Crippen MR) is 68.0 cm³/mol. The van der Waals surface area contributed by atoms with E-state index in [9.17, 15) is 13.5 Å². The number of sulfone groups is 1. The molecule has 0 heterocycles. The Balaban J connectivity index is 3.17. The maximum absolute atomic E-state index is 11.5. The van der Waals surface area contributed by atoms with Crippen LogP contribution in [0.25, 0.3) is 0 Å². The van der Waals surface area contributed by atoms with E-state index in [-0.39, 0.29) is 0 Å². The summed E-state index contributed by atoms with van der Waals surface area (Å²) in [7, 11) is -3.44. The van der Waals surface area contributed by atoms with Gasteiger partial charge in [-0.25, -0.2) is 8.42 Å². The minimum atomic E-state index is -3.44. The molecule has 1 aromatic carbocycles. The highest BCUT2D eigenvalue weighted by Gasteiger charge is 2.41. The van der Waals surface area contributed by atoms with Crippen molar-refractivity contribution in [2.75, 3.05) is 12.0 Å². The molecule has 0 saturated carbocycles. The third kappa shape index (κ3) is 2.56. The highest BCUT2D eigenvalue weighted by atomic mass is 79.9. The fourth-order valence-electron chi connectivity index (χ4n) is 1.23. The van der Waals surface area contributed by atoms with E-state index in [0.717, 1.165) is 6.26 Å². The molecule has 0 aliphatic rings. The van der Waals surface area contributed by atoms with E-state index in [1.54, 1.807) is 24.3 Å². The normalized spacial score (nSPS) is 17.8. The molecule has 2 atom stereocenters. The van der Waals surface area contributed by atoms with Gasteiger partial charge in [0.2, 0.25) is 0 Å². The Bertz CT molecular complexity index is 485. The number of hydrogen-bond donors (Lipinski definition) is 2. The van der Waals surface area contributed by atoms with E-state index in [1.165, 1.54) is 6.92 Å². The second-order valence-electron chi connectivity index (χ2n) is 3.83. The molecule has 0 amide bonds. The maximum Gasteiger partial charge on any atom is 0.165 e. The molecular formula is C10H14BrNO3S. The molecule has 6 heteroatoms. The minimum Gasteiger partial charge on any atom is -0.399 e. The molecule has 90 valence electrons. The van der Waals surface area contributed by atoms with Crippen molar-refractivity contribution in [3.05, 3.63) is 29.8 Å². The molecule has 0 spiro atoms. The molecule has 0 radical (unpaired) electrons. The van der Waals surface area contributed by atoms with Crippen LogP contribution in [0.4, 0.5) is 5.69 Å². The van der Waals surface area contributed by atoms with Crippen molar-refractivity contribution in [2.24, 2.45) is 0 Å². The van der Waals surface area contributed by atoms with Gasteiger partial charge in [-0.15, -0.1) is 0 Å². The Morgan fingerprint density at radius 3 is 2.50 bits per heavy atom. The average Bonchev–Trinajstić information content (AvgIpc) is 2.14. The van der Waals surface area contributed by atoms with Gasteiger partial charge in [-0.3, -0.25) is 0 Å². The van der Waals surface area contributed by atoms with Gasteiger partial charge in [0.25, 0.3) is 0 Å². The van der Waals surface area contributed by atoms with Gasteiger partial charge >= 0.3 is 0 Å². The Morgan fingerprint density at radius 2 is 2.06 bits per heavy atom. The van der Waals surface area contributed by atoms with Gasteiger partial charge in [0, 0.05) is 11.9 Å². The lowest BCUT2D eigenvalue weighted by Crippen LogP contribution is -2.34. The number of halogens is 1. The summed E-state index contributed by atoms with van der Waals surface area (Å²) >= 11 is 3.05. The summed E-state index contributed by atoms with van der Waals surface area (Å²) in [6.07, 6.45) is -0.108. The number of benzene rings is 1. The number of nitrogen functional groups attached to an aromatic ring is 1. The van der Waals surface area contributed by atoms with Gasteiger partial charge in [0.15, 0.2) is 13.5 Å². The molecular weight excluding hydrogens is 294 g/mol. The quantitative estimate of drug-likeness (QED) is 0.654. The molecule has 0 unspecified atom stereocenters. The third-order valence-electron chi connectivity index (χ3n) is 2.44. The smallest absolute Gasteiger partial charge is 0.165 e. The monoisotopic (exact) mass is 307 g/mol. The molecule has 0 aromatic heterocycles. The van der Waals surface area contributed by atoms with E-state index < -0.39 is 19.6 Å². The molecule has 0 aliphatic heterocycles. The zero-order chi connectivity index (χ0) is 12.6. The number of hydrogen-bond acceptors (Lipinski definition) is 4. The van der Waals surface area contributed by atoms with Crippen LogP contribution in [0.3, 0.4) is 0 Å². The summed E-state index contributed by atoms with van der Waals surface area (Å²) in [6, 6.07) is 6.52. The summed E-state index contributed by atoms with van der Waals surface area (Å²) in [5.74, 6) is 0. The topological polar surface area (TPSA) is 80.4 Å². The van der Waals surface area contributed by atoms with Crippen molar-refractivity contribution in [1.82, 2.24) is 0 Å². The van der Waals surface area contributed by atoms with Crippen LogP contribution >= 0.6 is 15.9 Å². The number of rotatable bonds is 3. The fourth-order valence-corrected chi connectivity index (χ4v) is 2.04. The Labute approximate surface area is 104 Å². The van der Waals surface area contributed by atoms with Crippen molar-refractivity contribution in [3.8, 4) is 0 Å². The van der Waals surface area contributed by atoms with E-state index >= 15 is 0 Å². The largest absolute Gasteiger partial charge is 0.399 e. The Kier molecular flexibility index (Phi) is 3.66. The van der Waals surface area contributed by atoms with Gasteiger partial charge in [0.05, 0.1) is 0 Å². The summed E-state index contributed by atoms with van der Waals surface area (Å²) in [5, 5.41) is 10.0. The van der Waals surface area contributed by atoms with Crippen LogP contribution in [0.2, 0.25) is 0 Å². The Morgan fingerprint density at radius 1 is 1.50 bits per heavy atom. The molecule has 1 aromatic rings. The third-order valence-corrected chi connectivity index (χ3v) is 6.31. The second kappa shape index (κ2) is 4.35. The molecule has 1 rings (SSSR count).